The first kappa shape index (κ1) is 35.4. The molecule has 1 amide bonds. The smallest absolute Gasteiger partial charge is 0.408 e. The lowest BCUT2D eigenvalue weighted by atomic mass is 10.1. The molecule has 0 aliphatic heterocycles. The number of nitrogens with zero attached hydrogens (tertiary/aromatic N) is 5. The Kier molecular flexibility index (Phi) is 10.7. The molecule has 262 valence electrons. The van der Waals surface area contributed by atoms with Crippen LogP contribution in [-0.4, -0.2) is 68.8 Å². The zero-order valence-electron chi connectivity index (χ0n) is 28.4. The number of halogens is 2. The summed E-state index contributed by atoms with van der Waals surface area (Å²) < 4.78 is 52.3. The van der Waals surface area contributed by atoms with Gasteiger partial charge in [0.05, 0.1) is 25.4 Å². The third-order valence-electron chi connectivity index (χ3n) is 7.22. The van der Waals surface area contributed by atoms with Crippen LogP contribution in [0.5, 0.6) is 11.5 Å². The summed E-state index contributed by atoms with van der Waals surface area (Å²) in [5.74, 6) is -0.680. The van der Waals surface area contributed by atoms with Gasteiger partial charge in [-0.15, -0.1) is 0 Å². The van der Waals surface area contributed by atoms with E-state index in [1.165, 1.54) is 38.6 Å². The number of carbonyl (C=O) groups excluding carboxylic acids is 2. The number of ether oxygens (including phenoxy) is 4. The second-order valence-electron chi connectivity index (χ2n) is 12.2. The number of para-hydroxylation sites is 1. The van der Waals surface area contributed by atoms with Gasteiger partial charge in [0.1, 0.15) is 42.1 Å². The highest BCUT2D eigenvalue weighted by molar-refractivity contribution is 5.92. The zero-order valence-corrected chi connectivity index (χ0v) is 28.4. The van der Waals surface area contributed by atoms with Crippen LogP contribution in [0.3, 0.4) is 0 Å². The lowest BCUT2D eigenvalue weighted by molar-refractivity contribution is -0.146. The SMILES string of the molecule is COc1cnc(-c2nn(Cc3c(C)cc(OCCOC(=O)[C@H](C)NC(=O)OC(C)(C)C)cc3F)c3ccccc23)nc1Nc1ccnc(F)c1. The summed E-state index contributed by atoms with van der Waals surface area (Å²) in [4.78, 5) is 36.8. The van der Waals surface area contributed by atoms with Gasteiger partial charge in [-0.3, -0.25) is 4.68 Å². The average molecular weight is 690 g/mol. The van der Waals surface area contributed by atoms with Crippen molar-refractivity contribution < 1.29 is 37.3 Å². The average Bonchev–Trinajstić information content (AvgIpc) is 3.42. The third kappa shape index (κ3) is 8.78. The van der Waals surface area contributed by atoms with Crippen molar-refractivity contribution in [3.05, 3.63) is 83.8 Å². The minimum absolute atomic E-state index is 0.0366. The molecular formula is C35H37F2N7O6. The fourth-order valence-electron chi connectivity index (χ4n) is 4.90. The highest BCUT2D eigenvalue weighted by atomic mass is 19.1. The number of rotatable bonds is 12. The molecule has 2 aromatic carbocycles. The van der Waals surface area contributed by atoms with Crippen LogP contribution in [0.4, 0.5) is 25.1 Å². The minimum atomic E-state index is -0.935. The number of alkyl carbamates (subject to hydrolysis) is 1. The first-order chi connectivity index (χ1) is 23.8. The van der Waals surface area contributed by atoms with E-state index < -0.39 is 35.5 Å². The summed E-state index contributed by atoms with van der Waals surface area (Å²) in [6.45, 7) is 8.31. The second-order valence-corrected chi connectivity index (χ2v) is 12.2. The predicted molar refractivity (Wildman–Crippen MR) is 180 cm³/mol. The maximum absolute atomic E-state index is 15.5. The Bertz CT molecular complexity index is 1990. The van der Waals surface area contributed by atoms with E-state index >= 15 is 4.39 Å². The predicted octanol–water partition coefficient (Wildman–Crippen LogP) is 6.11. The fourth-order valence-corrected chi connectivity index (χ4v) is 4.90. The Balaban J connectivity index is 1.28. The van der Waals surface area contributed by atoms with E-state index in [0.717, 1.165) is 10.9 Å². The molecule has 0 spiro atoms. The molecule has 15 heteroatoms. The van der Waals surface area contributed by atoms with E-state index in [2.05, 4.69) is 25.6 Å². The molecular weight excluding hydrogens is 652 g/mol. The van der Waals surface area contributed by atoms with Gasteiger partial charge in [-0.2, -0.15) is 9.49 Å². The number of methoxy groups -OCH3 is 1. The molecule has 0 unspecified atom stereocenters. The van der Waals surface area contributed by atoms with Crippen molar-refractivity contribution in [1.29, 1.82) is 0 Å². The van der Waals surface area contributed by atoms with Crippen LogP contribution >= 0.6 is 0 Å². The van der Waals surface area contributed by atoms with Crippen LogP contribution in [0, 0.1) is 18.7 Å². The monoisotopic (exact) mass is 689 g/mol. The van der Waals surface area contributed by atoms with Gasteiger partial charge >= 0.3 is 12.1 Å². The van der Waals surface area contributed by atoms with Crippen LogP contribution < -0.4 is 20.1 Å². The highest BCUT2D eigenvalue weighted by Gasteiger charge is 2.22. The van der Waals surface area contributed by atoms with Crippen LogP contribution in [-0.2, 0) is 20.8 Å². The molecule has 3 aromatic heterocycles. The summed E-state index contributed by atoms with van der Waals surface area (Å²) in [7, 11) is 1.47. The van der Waals surface area contributed by atoms with E-state index in [1.807, 2.05) is 24.3 Å². The van der Waals surface area contributed by atoms with E-state index in [9.17, 15) is 14.0 Å². The molecule has 13 nitrogen and oxygen atoms in total. The molecule has 0 bridgehead atoms. The number of anilines is 2. The van der Waals surface area contributed by atoms with Crippen LogP contribution in [0.15, 0.2) is 60.9 Å². The van der Waals surface area contributed by atoms with Gasteiger partial charge in [-0.25, -0.2) is 28.9 Å². The number of nitrogens with one attached hydrogen (secondary N) is 2. The minimum Gasteiger partial charge on any atom is -0.491 e. The number of aromatic nitrogens is 5. The molecule has 3 heterocycles. The number of hydrogen-bond donors (Lipinski definition) is 2. The van der Waals surface area contributed by atoms with Crippen molar-refractivity contribution in [2.45, 2.75) is 52.8 Å². The number of aryl methyl sites for hydroxylation is 1. The van der Waals surface area contributed by atoms with Crippen molar-refractivity contribution in [1.82, 2.24) is 30.0 Å². The van der Waals surface area contributed by atoms with Gasteiger partial charge in [-0.1, -0.05) is 18.2 Å². The molecule has 0 aliphatic rings. The van der Waals surface area contributed by atoms with E-state index in [-0.39, 0.29) is 31.3 Å². The van der Waals surface area contributed by atoms with Crippen molar-refractivity contribution in [2.75, 3.05) is 25.6 Å². The largest absolute Gasteiger partial charge is 0.491 e. The van der Waals surface area contributed by atoms with E-state index in [4.69, 9.17) is 24.0 Å². The molecule has 0 saturated carbocycles. The van der Waals surface area contributed by atoms with Crippen molar-refractivity contribution in [3.63, 3.8) is 0 Å². The number of fused-ring (bicyclic) bond motifs is 1. The Labute approximate surface area is 287 Å². The number of amides is 1. The van der Waals surface area contributed by atoms with Gasteiger partial charge in [-0.05, 0) is 58.4 Å². The first-order valence-corrected chi connectivity index (χ1v) is 15.6. The van der Waals surface area contributed by atoms with Crippen molar-refractivity contribution >= 4 is 34.5 Å². The van der Waals surface area contributed by atoms with E-state index in [0.29, 0.717) is 34.1 Å². The lowest BCUT2D eigenvalue weighted by Crippen LogP contribution is -2.42. The van der Waals surface area contributed by atoms with Gasteiger partial charge in [0.15, 0.2) is 17.4 Å². The molecule has 0 saturated heterocycles. The number of carbonyl (C=O) groups is 2. The van der Waals surface area contributed by atoms with Crippen molar-refractivity contribution in [2.24, 2.45) is 0 Å². The Morgan fingerprint density at radius 3 is 2.54 bits per heavy atom. The van der Waals surface area contributed by atoms with Gasteiger partial charge < -0.3 is 29.6 Å². The molecule has 5 rings (SSSR count). The topological polar surface area (TPSA) is 152 Å². The van der Waals surface area contributed by atoms with Crippen LogP contribution in [0.1, 0.15) is 38.8 Å². The van der Waals surface area contributed by atoms with Crippen LogP contribution in [0.2, 0.25) is 0 Å². The molecule has 50 heavy (non-hydrogen) atoms. The first-order valence-electron chi connectivity index (χ1n) is 15.6. The fraction of sp³-hybridized carbons (Fsp3) is 0.314. The van der Waals surface area contributed by atoms with Crippen LogP contribution in [0.25, 0.3) is 22.4 Å². The molecule has 5 aromatic rings. The highest BCUT2D eigenvalue weighted by Crippen LogP contribution is 2.32. The van der Waals surface area contributed by atoms with Crippen molar-refractivity contribution in [3.8, 4) is 23.0 Å². The molecule has 2 N–H and O–H groups in total. The number of hydrogen-bond acceptors (Lipinski definition) is 11. The molecule has 0 fully saturated rings. The maximum atomic E-state index is 15.5. The Morgan fingerprint density at radius 1 is 1.04 bits per heavy atom. The summed E-state index contributed by atoms with van der Waals surface area (Å²) in [6.07, 6.45) is 2.08. The Hall–Kier alpha value is -5.86. The summed E-state index contributed by atoms with van der Waals surface area (Å²) in [6, 6.07) is 12.3. The molecule has 1 atom stereocenters. The summed E-state index contributed by atoms with van der Waals surface area (Å²) in [5, 5.41) is 11.0. The number of esters is 1. The third-order valence-corrected chi connectivity index (χ3v) is 7.22. The molecule has 0 radical (unpaired) electrons. The quantitative estimate of drug-likeness (QED) is 0.0887. The number of benzene rings is 2. The number of pyridine rings is 1. The van der Waals surface area contributed by atoms with E-state index in [1.54, 1.807) is 44.5 Å². The lowest BCUT2D eigenvalue weighted by Gasteiger charge is -2.21. The summed E-state index contributed by atoms with van der Waals surface area (Å²) in [5.41, 5.74) is 1.89. The van der Waals surface area contributed by atoms with Gasteiger partial charge in [0.25, 0.3) is 0 Å². The maximum Gasteiger partial charge on any atom is 0.408 e. The Morgan fingerprint density at radius 2 is 1.82 bits per heavy atom. The van der Waals surface area contributed by atoms with Gasteiger partial charge in [0, 0.05) is 35.0 Å². The normalized spacial score (nSPS) is 11.9. The molecule has 0 aliphatic carbocycles. The second kappa shape index (κ2) is 15.1. The van der Waals surface area contributed by atoms with Gasteiger partial charge in [0.2, 0.25) is 5.95 Å². The zero-order chi connectivity index (χ0) is 36.0. The standard InChI is InChI=1S/C35H37F2N7O6/c1-20-15-23(48-13-14-49-33(45)21(2)40-34(46)50-35(3,4)5)17-26(36)25(20)19-44-27-10-8-7-9-24(27)30(43-44)32-39-18-28(47-6)31(42-32)41-22-11-12-38-29(37)16-22/h7-12,15-18,21H,13-14,19H2,1-6H3,(H,40,46)(H,38,39,41,42)/t21-/m0/s1. The summed E-state index contributed by atoms with van der Waals surface area (Å²) >= 11 is 0.